The Morgan fingerprint density at radius 1 is 1.37 bits per heavy atom. The molecule has 3 nitrogen and oxygen atoms in total. The summed E-state index contributed by atoms with van der Waals surface area (Å²) in [5, 5.41) is 4.39. The summed E-state index contributed by atoms with van der Waals surface area (Å²) >= 11 is 3.56. The van der Waals surface area contributed by atoms with Gasteiger partial charge in [-0.3, -0.25) is 4.68 Å². The highest BCUT2D eigenvalue weighted by atomic mass is 79.9. The Hall–Kier alpha value is -1.13. The van der Waals surface area contributed by atoms with Gasteiger partial charge in [0.2, 0.25) is 0 Å². The largest absolute Gasteiger partial charge is 0.319 e. The molecule has 2 aromatic rings. The van der Waals surface area contributed by atoms with Crippen molar-refractivity contribution in [2.45, 2.75) is 39.8 Å². The number of hydrogen-bond acceptors (Lipinski definition) is 2. The lowest BCUT2D eigenvalue weighted by Crippen LogP contribution is -2.19. The summed E-state index contributed by atoms with van der Waals surface area (Å²) in [6.07, 6.45) is 2.87. The van der Waals surface area contributed by atoms with Gasteiger partial charge in [0.05, 0.1) is 22.4 Å². The molecular formula is C15H20BrN3. The number of nitrogens with two attached hydrogens (primary N) is 1. The van der Waals surface area contributed by atoms with E-state index in [2.05, 4.69) is 60.0 Å². The minimum atomic E-state index is -0.149. The molecule has 102 valence electrons. The van der Waals surface area contributed by atoms with Gasteiger partial charge in [-0.2, -0.15) is 5.10 Å². The molecule has 0 bridgehead atoms. The van der Waals surface area contributed by atoms with E-state index in [1.165, 1.54) is 11.1 Å². The van der Waals surface area contributed by atoms with Gasteiger partial charge < -0.3 is 5.73 Å². The Bertz CT molecular complexity index is 575. The van der Waals surface area contributed by atoms with Crippen LogP contribution in [0, 0.1) is 13.8 Å². The summed E-state index contributed by atoms with van der Waals surface area (Å²) in [4.78, 5) is 0. The smallest absolute Gasteiger partial charge is 0.0739 e. The fourth-order valence-corrected chi connectivity index (χ4v) is 2.94. The number of hydrogen-bond donors (Lipinski definition) is 1. The highest BCUT2D eigenvalue weighted by Crippen LogP contribution is 2.29. The molecule has 0 aliphatic rings. The molecule has 0 aliphatic heterocycles. The Kier molecular flexibility index (Phi) is 4.42. The van der Waals surface area contributed by atoms with Crippen LogP contribution in [0.5, 0.6) is 0 Å². The van der Waals surface area contributed by atoms with E-state index in [0.29, 0.717) is 0 Å². The highest BCUT2D eigenvalue weighted by molar-refractivity contribution is 9.10. The summed E-state index contributed by atoms with van der Waals surface area (Å²) in [5.41, 5.74) is 11.1. The number of aromatic nitrogens is 2. The van der Waals surface area contributed by atoms with Gasteiger partial charge in [0.15, 0.2) is 0 Å². The van der Waals surface area contributed by atoms with E-state index in [0.717, 1.165) is 28.7 Å². The zero-order valence-electron chi connectivity index (χ0n) is 11.7. The fourth-order valence-electron chi connectivity index (χ4n) is 2.39. The van der Waals surface area contributed by atoms with Crippen LogP contribution in [0.4, 0.5) is 0 Å². The lowest BCUT2D eigenvalue weighted by atomic mass is 9.97. The van der Waals surface area contributed by atoms with E-state index in [1.54, 1.807) is 0 Å². The van der Waals surface area contributed by atoms with Gasteiger partial charge in [0.1, 0.15) is 0 Å². The van der Waals surface area contributed by atoms with Crippen LogP contribution in [0.15, 0.2) is 28.9 Å². The van der Waals surface area contributed by atoms with Crippen molar-refractivity contribution in [2.75, 3.05) is 0 Å². The normalized spacial score (nSPS) is 12.7. The summed E-state index contributed by atoms with van der Waals surface area (Å²) in [7, 11) is 0. The summed E-state index contributed by atoms with van der Waals surface area (Å²) in [6.45, 7) is 7.23. The van der Waals surface area contributed by atoms with Crippen LogP contribution in [-0.2, 0) is 6.54 Å². The summed E-state index contributed by atoms with van der Waals surface area (Å²) in [5.74, 6) is 0. The zero-order valence-corrected chi connectivity index (χ0v) is 13.2. The van der Waals surface area contributed by atoms with Crippen LogP contribution in [-0.4, -0.2) is 9.78 Å². The Morgan fingerprint density at radius 3 is 2.74 bits per heavy atom. The zero-order chi connectivity index (χ0) is 14.0. The fraction of sp³-hybridized carbons (Fsp3) is 0.400. The van der Waals surface area contributed by atoms with Gasteiger partial charge in [-0.1, -0.05) is 30.7 Å². The Balaban J connectivity index is 2.43. The number of halogens is 1. The lowest BCUT2D eigenvalue weighted by molar-refractivity contribution is 0.558. The van der Waals surface area contributed by atoms with Gasteiger partial charge >= 0.3 is 0 Å². The molecule has 0 amide bonds. The van der Waals surface area contributed by atoms with Crippen molar-refractivity contribution in [2.24, 2.45) is 5.73 Å². The summed E-state index contributed by atoms with van der Waals surface area (Å²) in [6, 6.07) is 6.25. The first-order chi connectivity index (χ1) is 9.04. The van der Waals surface area contributed by atoms with Crippen molar-refractivity contribution in [3.63, 3.8) is 0 Å². The van der Waals surface area contributed by atoms with Crippen molar-refractivity contribution < 1.29 is 0 Å². The van der Waals surface area contributed by atoms with Gasteiger partial charge in [0, 0.05) is 6.54 Å². The molecule has 2 N–H and O–H groups in total. The van der Waals surface area contributed by atoms with Crippen LogP contribution in [0.1, 0.15) is 41.8 Å². The predicted octanol–water partition coefficient (Wildman–Crippen LogP) is 3.72. The van der Waals surface area contributed by atoms with E-state index in [4.69, 9.17) is 5.73 Å². The first-order valence-electron chi connectivity index (χ1n) is 6.58. The minimum Gasteiger partial charge on any atom is -0.319 e. The van der Waals surface area contributed by atoms with Crippen molar-refractivity contribution in [3.05, 3.63) is 51.3 Å². The number of aryl methyl sites for hydroxylation is 3. The monoisotopic (exact) mass is 321 g/mol. The second-order valence-corrected chi connectivity index (χ2v) is 5.79. The van der Waals surface area contributed by atoms with Crippen molar-refractivity contribution >= 4 is 15.9 Å². The van der Waals surface area contributed by atoms with E-state index < -0.39 is 0 Å². The van der Waals surface area contributed by atoms with E-state index in [1.807, 2.05) is 10.9 Å². The third-order valence-electron chi connectivity index (χ3n) is 3.32. The third-order valence-corrected chi connectivity index (χ3v) is 3.93. The maximum Gasteiger partial charge on any atom is 0.0739 e. The van der Waals surface area contributed by atoms with Crippen LogP contribution < -0.4 is 5.73 Å². The molecule has 0 saturated carbocycles. The molecule has 0 spiro atoms. The molecule has 1 heterocycles. The Labute approximate surface area is 122 Å². The van der Waals surface area contributed by atoms with Crippen LogP contribution in [0.25, 0.3) is 0 Å². The maximum atomic E-state index is 6.45. The SMILES string of the molecule is CCCn1ncc(Br)c1C(N)c1ccc(C)cc1C. The second-order valence-electron chi connectivity index (χ2n) is 4.94. The second kappa shape index (κ2) is 5.88. The molecule has 1 unspecified atom stereocenters. The molecule has 4 heteroatoms. The van der Waals surface area contributed by atoms with E-state index in [9.17, 15) is 0 Å². The topological polar surface area (TPSA) is 43.8 Å². The molecule has 19 heavy (non-hydrogen) atoms. The van der Waals surface area contributed by atoms with Crippen molar-refractivity contribution in [1.82, 2.24) is 9.78 Å². The quantitative estimate of drug-likeness (QED) is 0.932. The number of benzene rings is 1. The molecule has 1 aromatic carbocycles. The van der Waals surface area contributed by atoms with Gasteiger partial charge in [0.25, 0.3) is 0 Å². The lowest BCUT2D eigenvalue weighted by Gasteiger charge is -2.17. The number of rotatable bonds is 4. The minimum absolute atomic E-state index is 0.149. The van der Waals surface area contributed by atoms with Gasteiger partial charge in [-0.25, -0.2) is 0 Å². The maximum absolute atomic E-state index is 6.45. The molecule has 0 aliphatic carbocycles. The van der Waals surface area contributed by atoms with Gasteiger partial charge in [-0.05, 0) is 47.3 Å². The van der Waals surface area contributed by atoms with Crippen LogP contribution >= 0.6 is 15.9 Å². The predicted molar refractivity (Wildman–Crippen MR) is 82.2 cm³/mol. The molecule has 0 fully saturated rings. The molecule has 2 rings (SSSR count). The molecular weight excluding hydrogens is 302 g/mol. The highest BCUT2D eigenvalue weighted by Gasteiger charge is 2.19. The Morgan fingerprint density at radius 2 is 2.11 bits per heavy atom. The van der Waals surface area contributed by atoms with Gasteiger partial charge in [-0.15, -0.1) is 0 Å². The standard InChI is InChI=1S/C15H20BrN3/c1-4-7-19-15(13(16)9-18-19)14(17)12-6-5-10(2)8-11(12)3/h5-6,8-9,14H,4,7,17H2,1-3H3. The first kappa shape index (κ1) is 14.3. The molecule has 0 saturated heterocycles. The summed E-state index contributed by atoms with van der Waals surface area (Å²) < 4.78 is 2.97. The van der Waals surface area contributed by atoms with Crippen molar-refractivity contribution in [1.29, 1.82) is 0 Å². The van der Waals surface area contributed by atoms with Crippen LogP contribution in [0.2, 0.25) is 0 Å². The van der Waals surface area contributed by atoms with Crippen molar-refractivity contribution in [3.8, 4) is 0 Å². The molecule has 1 atom stereocenters. The molecule has 0 radical (unpaired) electrons. The number of nitrogens with zero attached hydrogens (tertiary/aromatic N) is 2. The molecule has 1 aromatic heterocycles. The average Bonchev–Trinajstić information content (AvgIpc) is 2.70. The van der Waals surface area contributed by atoms with Crippen LogP contribution in [0.3, 0.4) is 0 Å². The average molecular weight is 322 g/mol. The van der Waals surface area contributed by atoms with E-state index in [-0.39, 0.29) is 6.04 Å². The third kappa shape index (κ3) is 2.90. The first-order valence-corrected chi connectivity index (χ1v) is 7.37. The van der Waals surface area contributed by atoms with E-state index >= 15 is 0 Å².